The molecule has 1 aromatic heterocycles. The molecule has 1 fully saturated rings. The first-order chi connectivity index (χ1) is 9.61. The summed E-state index contributed by atoms with van der Waals surface area (Å²) in [6.07, 6.45) is 3.72. The van der Waals surface area contributed by atoms with E-state index in [2.05, 4.69) is 16.4 Å². The van der Waals surface area contributed by atoms with Crippen LogP contribution in [0.15, 0.2) is 12.1 Å². The highest BCUT2D eigenvalue weighted by Gasteiger charge is 2.30. The Morgan fingerprint density at radius 2 is 2.25 bits per heavy atom. The van der Waals surface area contributed by atoms with Gasteiger partial charge < -0.3 is 10.4 Å². The summed E-state index contributed by atoms with van der Waals surface area (Å²) in [5.74, 6) is -0.335. The second-order valence-corrected chi connectivity index (χ2v) is 5.33. The number of hydrogen-bond acceptors (Lipinski definition) is 4. The first-order valence-electron chi connectivity index (χ1n) is 6.96. The van der Waals surface area contributed by atoms with Crippen molar-refractivity contribution in [1.29, 1.82) is 5.26 Å². The van der Waals surface area contributed by atoms with Crippen LogP contribution in [0.3, 0.4) is 0 Å². The number of hydrogen-bond donors (Lipinski definition) is 2. The first-order valence-corrected chi connectivity index (χ1v) is 6.96. The molecular weight excluding hydrogens is 254 g/mol. The number of nitrogens with one attached hydrogen (secondary N) is 1. The molecule has 0 aliphatic heterocycles. The van der Waals surface area contributed by atoms with Crippen LogP contribution in [0.25, 0.3) is 0 Å². The summed E-state index contributed by atoms with van der Waals surface area (Å²) in [7, 11) is 0. The molecule has 2 unspecified atom stereocenters. The number of nitrogens with zero attached hydrogens (tertiary/aromatic N) is 2. The van der Waals surface area contributed by atoms with E-state index in [0.717, 1.165) is 31.4 Å². The molecule has 0 spiro atoms. The van der Waals surface area contributed by atoms with Crippen molar-refractivity contribution >= 4 is 11.8 Å². The zero-order valence-electron chi connectivity index (χ0n) is 11.6. The highest BCUT2D eigenvalue weighted by molar-refractivity contribution is 5.70. The molecule has 0 saturated heterocycles. The monoisotopic (exact) mass is 273 g/mol. The number of carboxylic acid groups (broad SMARTS) is 1. The quantitative estimate of drug-likeness (QED) is 0.880. The molecule has 2 N–H and O–H groups in total. The number of aryl methyl sites for hydroxylation is 1. The minimum atomic E-state index is -0.714. The van der Waals surface area contributed by atoms with E-state index in [-0.39, 0.29) is 11.8 Å². The topological polar surface area (TPSA) is 86.0 Å². The van der Waals surface area contributed by atoms with Crippen LogP contribution < -0.4 is 5.32 Å². The van der Waals surface area contributed by atoms with Gasteiger partial charge in [-0.3, -0.25) is 4.79 Å². The van der Waals surface area contributed by atoms with E-state index in [1.165, 1.54) is 0 Å². The molecule has 1 aliphatic rings. The minimum absolute atomic E-state index is 0.107. The Hall–Kier alpha value is -2.09. The predicted molar refractivity (Wildman–Crippen MR) is 75.3 cm³/mol. The normalized spacial score (nSPS) is 22.0. The molecule has 0 bridgehead atoms. The summed E-state index contributed by atoms with van der Waals surface area (Å²) >= 11 is 0. The number of pyridine rings is 1. The minimum Gasteiger partial charge on any atom is -0.481 e. The van der Waals surface area contributed by atoms with Gasteiger partial charge >= 0.3 is 5.97 Å². The third-order valence-electron chi connectivity index (χ3n) is 3.91. The Balaban J connectivity index is 2.06. The summed E-state index contributed by atoms with van der Waals surface area (Å²) in [5, 5.41) is 21.5. The average molecular weight is 273 g/mol. The average Bonchev–Trinajstić information content (AvgIpc) is 2.45. The molecule has 106 valence electrons. The van der Waals surface area contributed by atoms with E-state index in [0.29, 0.717) is 17.9 Å². The smallest absolute Gasteiger partial charge is 0.306 e. The maximum atomic E-state index is 11.3. The van der Waals surface area contributed by atoms with Gasteiger partial charge in [-0.1, -0.05) is 12.8 Å². The van der Waals surface area contributed by atoms with Crippen LogP contribution in [0.5, 0.6) is 0 Å². The van der Waals surface area contributed by atoms with Crippen LogP contribution in [0, 0.1) is 30.1 Å². The standard InChI is InChI=1S/C15H19N3O2/c1-10-6-7-11(8-16)14(18-10)17-9-12-4-2-3-5-13(12)15(19)20/h6-7,12-13H,2-5,9H2,1H3,(H,17,18)(H,19,20). The Morgan fingerprint density at radius 1 is 1.50 bits per heavy atom. The number of rotatable bonds is 4. The maximum Gasteiger partial charge on any atom is 0.306 e. The predicted octanol–water partition coefficient (Wildman–Crippen LogP) is 2.56. The van der Waals surface area contributed by atoms with Crippen LogP contribution >= 0.6 is 0 Å². The summed E-state index contributed by atoms with van der Waals surface area (Å²) in [4.78, 5) is 15.6. The van der Waals surface area contributed by atoms with E-state index < -0.39 is 5.97 Å². The molecule has 1 heterocycles. The zero-order chi connectivity index (χ0) is 14.5. The van der Waals surface area contributed by atoms with E-state index in [1.807, 2.05) is 6.92 Å². The molecule has 1 aliphatic carbocycles. The lowest BCUT2D eigenvalue weighted by molar-refractivity contribution is -0.144. The fourth-order valence-corrected chi connectivity index (χ4v) is 2.79. The van der Waals surface area contributed by atoms with Crippen LogP contribution in [0.1, 0.15) is 36.9 Å². The van der Waals surface area contributed by atoms with Gasteiger partial charge in [-0.05, 0) is 37.8 Å². The van der Waals surface area contributed by atoms with Gasteiger partial charge in [0.2, 0.25) is 0 Å². The molecule has 0 aromatic carbocycles. The van der Waals surface area contributed by atoms with E-state index >= 15 is 0 Å². The van der Waals surface area contributed by atoms with E-state index in [1.54, 1.807) is 12.1 Å². The highest BCUT2D eigenvalue weighted by Crippen LogP contribution is 2.30. The Morgan fingerprint density at radius 3 is 2.95 bits per heavy atom. The molecule has 0 radical (unpaired) electrons. The number of aromatic nitrogens is 1. The van der Waals surface area contributed by atoms with Crippen LogP contribution in [-0.4, -0.2) is 22.6 Å². The molecule has 20 heavy (non-hydrogen) atoms. The van der Waals surface area contributed by atoms with Crippen LogP contribution in [0.2, 0.25) is 0 Å². The number of carboxylic acids is 1. The second kappa shape index (κ2) is 6.38. The summed E-state index contributed by atoms with van der Waals surface area (Å²) in [6.45, 7) is 2.43. The Kier molecular flexibility index (Phi) is 4.57. The molecule has 0 amide bonds. The lowest BCUT2D eigenvalue weighted by atomic mass is 9.79. The summed E-state index contributed by atoms with van der Waals surface area (Å²) in [6, 6.07) is 5.64. The van der Waals surface area contributed by atoms with Crippen molar-refractivity contribution in [3.63, 3.8) is 0 Å². The lowest BCUT2D eigenvalue weighted by Gasteiger charge is -2.28. The number of nitriles is 1. The van der Waals surface area contributed by atoms with Gasteiger partial charge in [0.25, 0.3) is 0 Å². The Bertz CT molecular complexity index is 536. The lowest BCUT2D eigenvalue weighted by Crippen LogP contribution is -2.32. The van der Waals surface area contributed by atoms with Crippen molar-refractivity contribution in [3.8, 4) is 6.07 Å². The van der Waals surface area contributed by atoms with Crippen molar-refractivity contribution in [3.05, 3.63) is 23.4 Å². The largest absolute Gasteiger partial charge is 0.481 e. The van der Waals surface area contributed by atoms with Crippen molar-refractivity contribution < 1.29 is 9.90 Å². The van der Waals surface area contributed by atoms with Crippen molar-refractivity contribution in [2.45, 2.75) is 32.6 Å². The molecule has 2 atom stereocenters. The van der Waals surface area contributed by atoms with E-state index in [4.69, 9.17) is 5.26 Å². The molecule has 2 rings (SSSR count). The molecule has 1 aromatic rings. The Labute approximate surface area is 118 Å². The van der Waals surface area contributed by atoms with Gasteiger partial charge in [-0.2, -0.15) is 5.26 Å². The number of carbonyl (C=O) groups is 1. The SMILES string of the molecule is Cc1ccc(C#N)c(NCC2CCCCC2C(=O)O)n1. The summed E-state index contributed by atoms with van der Waals surface area (Å²) < 4.78 is 0. The van der Waals surface area contributed by atoms with E-state index in [9.17, 15) is 9.90 Å². The number of aliphatic carboxylic acids is 1. The summed E-state index contributed by atoms with van der Waals surface area (Å²) in [5.41, 5.74) is 1.34. The molecule has 5 nitrogen and oxygen atoms in total. The van der Waals surface area contributed by atoms with Gasteiger partial charge in [0.15, 0.2) is 0 Å². The fraction of sp³-hybridized carbons (Fsp3) is 0.533. The molecule has 5 heteroatoms. The first kappa shape index (κ1) is 14.3. The van der Waals surface area contributed by atoms with Gasteiger partial charge in [0.1, 0.15) is 11.9 Å². The second-order valence-electron chi connectivity index (χ2n) is 5.33. The number of anilines is 1. The third kappa shape index (κ3) is 3.27. The van der Waals surface area contributed by atoms with Gasteiger partial charge in [0, 0.05) is 12.2 Å². The van der Waals surface area contributed by atoms with Crippen LogP contribution in [-0.2, 0) is 4.79 Å². The zero-order valence-corrected chi connectivity index (χ0v) is 11.6. The van der Waals surface area contributed by atoms with Gasteiger partial charge in [0.05, 0.1) is 11.5 Å². The maximum absolute atomic E-state index is 11.3. The van der Waals surface area contributed by atoms with Gasteiger partial charge in [-0.15, -0.1) is 0 Å². The van der Waals surface area contributed by atoms with Crippen LogP contribution in [0.4, 0.5) is 5.82 Å². The molecular formula is C15H19N3O2. The third-order valence-corrected chi connectivity index (χ3v) is 3.91. The molecule has 1 saturated carbocycles. The van der Waals surface area contributed by atoms with Crippen molar-refractivity contribution in [2.24, 2.45) is 11.8 Å². The highest BCUT2D eigenvalue weighted by atomic mass is 16.4. The fourth-order valence-electron chi connectivity index (χ4n) is 2.79. The van der Waals surface area contributed by atoms with Crippen molar-refractivity contribution in [1.82, 2.24) is 4.98 Å². The van der Waals surface area contributed by atoms with Gasteiger partial charge in [-0.25, -0.2) is 4.98 Å². The van der Waals surface area contributed by atoms with Crippen molar-refractivity contribution in [2.75, 3.05) is 11.9 Å².